The monoisotopic (exact) mass is 383 g/mol. The van der Waals surface area contributed by atoms with E-state index in [1.807, 2.05) is 12.1 Å². The molecule has 2 heterocycles. The Labute approximate surface area is 163 Å². The number of hydrogen-bond acceptors (Lipinski definition) is 4. The van der Waals surface area contributed by atoms with Gasteiger partial charge in [0, 0.05) is 24.6 Å². The minimum absolute atomic E-state index is 0.0122. The number of hydrogen-bond donors (Lipinski definition) is 2. The minimum Gasteiger partial charge on any atom is -0.353 e. The van der Waals surface area contributed by atoms with Crippen LogP contribution in [0.25, 0.3) is 0 Å². The molecule has 148 valence electrons. The Balaban J connectivity index is 1.41. The molecular weight excluding hydrogens is 358 g/mol. The molecule has 1 saturated carbocycles. The lowest BCUT2D eigenvalue weighted by Crippen LogP contribution is -2.52. The highest BCUT2D eigenvalue weighted by Gasteiger charge is 2.39. The van der Waals surface area contributed by atoms with Crippen LogP contribution in [-0.4, -0.2) is 40.6 Å². The summed E-state index contributed by atoms with van der Waals surface area (Å²) >= 11 is 0. The molecule has 2 aliphatic heterocycles. The molecule has 1 aliphatic carbocycles. The number of imide groups is 1. The van der Waals surface area contributed by atoms with Gasteiger partial charge in [0.1, 0.15) is 6.04 Å². The number of nitrogens with zero attached hydrogens (tertiary/aromatic N) is 1. The summed E-state index contributed by atoms with van der Waals surface area (Å²) in [5, 5.41) is 5.42. The fraction of sp³-hybridized carbons (Fsp3) is 0.524. The molecule has 1 aromatic carbocycles. The first kappa shape index (κ1) is 18.7. The van der Waals surface area contributed by atoms with Gasteiger partial charge in [0.05, 0.1) is 6.42 Å². The molecule has 4 amide bonds. The second-order valence-corrected chi connectivity index (χ2v) is 7.97. The van der Waals surface area contributed by atoms with Gasteiger partial charge in [-0.3, -0.25) is 24.5 Å². The molecule has 0 spiro atoms. The van der Waals surface area contributed by atoms with E-state index < -0.39 is 11.9 Å². The third-order valence-electron chi connectivity index (χ3n) is 5.92. The average Bonchev–Trinajstić information content (AvgIpc) is 2.98. The van der Waals surface area contributed by atoms with Crippen LogP contribution >= 0.6 is 0 Å². The van der Waals surface area contributed by atoms with Crippen molar-refractivity contribution in [3.63, 3.8) is 0 Å². The Morgan fingerprint density at radius 3 is 2.64 bits per heavy atom. The number of amides is 4. The van der Waals surface area contributed by atoms with Gasteiger partial charge in [0.25, 0.3) is 5.91 Å². The maximum absolute atomic E-state index is 12.7. The third-order valence-corrected chi connectivity index (χ3v) is 5.92. The maximum atomic E-state index is 12.7. The van der Waals surface area contributed by atoms with Gasteiger partial charge in [0.2, 0.25) is 17.7 Å². The van der Waals surface area contributed by atoms with E-state index in [2.05, 4.69) is 10.6 Å². The van der Waals surface area contributed by atoms with Gasteiger partial charge in [-0.1, -0.05) is 31.4 Å². The summed E-state index contributed by atoms with van der Waals surface area (Å²) in [5.74, 6) is -0.887. The number of piperidine rings is 1. The molecule has 2 N–H and O–H groups in total. The number of fused-ring (bicyclic) bond motifs is 1. The van der Waals surface area contributed by atoms with Gasteiger partial charge in [-0.25, -0.2) is 0 Å². The van der Waals surface area contributed by atoms with Crippen molar-refractivity contribution < 1.29 is 19.2 Å². The smallest absolute Gasteiger partial charge is 0.255 e. The van der Waals surface area contributed by atoms with Crippen molar-refractivity contribution in [2.24, 2.45) is 0 Å². The normalized spacial score (nSPS) is 22.8. The molecule has 1 aromatic rings. The van der Waals surface area contributed by atoms with E-state index in [0.717, 1.165) is 24.0 Å². The summed E-state index contributed by atoms with van der Waals surface area (Å²) in [6.45, 7) is 0.332. The Bertz CT molecular complexity index is 829. The second kappa shape index (κ2) is 7.73. The molecule has 1 unspecified atom stereocenters. The summed E-state index contributed by atoms with van der Waals surface area (Å²) < 4.78 is 0. The highest BCUT2D eigenvalue weighted by molar-refractivity contribution is 6.05. The van der Waals surface area contributed by atoms with Crippen molar-refractivity contribution >= 4 is 23.6 Å². The van der Waals surface area contributed by atoms with Crippen LogP contribution < -0.4 is 10.6 Å². The average molecular weight is 383 g/mol. The molecule has 0 radical (unpaired) electrons. The molecule has 1 saturated heterocycles. The largest absolute Gasteiger partial charge is 0.353 e. The van der Waals surface area contributed by atoms with Crippen LogP contribution in [-0.2, 0) is 27.3 Å². The van der Waals surface area contributed by atoms with Gasteiger partial charge in [-0.15, -0.1) is 0 Å². The Morgan fingerprint density at radius 1 is 1.11 bits per heavy atom. The number of carbonyl (C=O) groups is 4. The van der Waals surface area contributed by atoms with Gasteiger partial charge in [-0.05, 0) is 36.5 Å². The minimum atomic E-state index is -0.615. The van der Waals surface area contributed by atoms with E-state index in [-0.39, 0.29) is 36.6 Å². The van der Waals surface area contributed by atoms with E-state index in [0.29, 0.717) is 18.5 Å². The van der Waals surface area contributed by atoms with E-state index in [1.165, 1.54) is 24.2 Å². The zero-order chi connectivity index (χ0) is 19.7. The van der Waals surface area contributed by atoms with E-state index in [9.17, 15) is 19.2 Å². The number of nitrogens with one attached hydrogen (secondary N) is 2. The number of carbonyl (C=O) groups excluding carboxylic acids is 4. The number of rotatable bonds is 4. The van der Waals surface area contributed by atoms with E-state index in [4.69, 9.17) is 0 Å². The fourth-order valence-corrected chi connectivity index (χ4v) is 4.45. The summed E-state index contributed by atoms with van der Waals surface area (Å²) in [6.07, 6.45) is 6.55. The van der Waals surface area contributed by atoms with E-state index in [1.54, 1.807) is 6.07 Å². The fourth-order valence-electron chi connectivity index (χ4n) is 4.45. The van der Waals surface area contributed by atoms with Crippen LogP contribution in [0, 0.1) is 0 Å². The maximum Gasteiger partial charge on any atom is 0.255 e. The predicted molar refractivity (Wildman–Crippen MR) is 101 cm³/mol. The van der Waals surface area contributed by atoms with Gasteiger partial charge >= 0.3 is 0 Å². The summed E-state index contributed by atoms with van der Waals surface area (Å²) in [6, 6.07) is 5.10. The molecule has 0 aromatic heterocycles. The first-order chi connectivity index (χ1) is 13.5. The van der Waals surface area contributed by atoms with Crippen molar-refractivity contribution in [1.29, 1.82) is 0 Å². The predicted octanol–water partition coefficient (Wildman–Crippen LogP) is 1.44. The lowest BCUT2D eigenvalue weighted by Gasteiger charge is -2.29. The van der Waals surface area contributed by atoms with Crippen molar-refractivity contribution in [1.82, 2.24) is 15.5 Å². The topological polar surface area (TPSA) is 95.6 Å². The summed E-state index contributed by atoms with van der Waals surface area (Å²) in [4.78, 5) is 50.0. The Hall–Kier alpha value is -2.70. The van der Waals surface area contributed by atoms with E-state index >= 15 is 0 Å². The van der Waals surface area contributed by atoms with Crippen LogP contribution in [0.5, 0.6) is 0 Å². The molecule has 28 heavy (non-hydrogen) atoms. The van der Waals surface area contributed by atoms with Crippen molar-refractivity contribution in [3.8, 4) is 0 Å². The zero-order valence-corrected chi connectivity index (χ0v) is 15.8. The molecule has 1 atom stereocenters. The van der Waals surface area contributed by atoms with Crippen LogP contribution in [0.4, 0.5) is 0 Å². The lowest BCUT2D eigenvalue weighted by molar-refractivity contribution is -0.137. The molecule has 7 heteroatoms. The summed E-state index contributed by atoms with van der Waals surface area (Å²) in [5.41, 5.74) is 2.27. The zero-order valence-electron chi connectivity index (χ0n) is 15.8. The van der Waals surface area contributed by atoms with Gasteiger partial charge in [0.15, 0.2) is 0 Å². The Kier molecular flexibility index (Phi) is 5.15. The van der Waals surface area contributed by atoms with Crippen molar-refractivity contribution in [2.75, 3.05) is 0 Å². The molecule has 2 fully saturated rings. The Morgan fingerprint density at radius 2 is 1.89 bits per heavy atom. The first-order valence-electron chi connectivity index (χ1n) is 10.1. The first-order valence-corrected chi connectivity index (χ1v) is 10.1. The van der Waals surface area contributed by atoms with Crippen LogP contribution in [0.2, 0.25) is 0 Å². The highest BCUT2D eigenvalue weighted by Crippen LogP contribution is 2.28. The van der Waals surface area contributed by atoms with Crippen molar-refractivity contribution in [3.05, 3.63) is 34.9 Å². The van der Waals surface area contributed by atoms with Crippen molar-refractivity contribution in [2.45, 2.75) is 70.0 Å². The SMILES string of the molecule is O=C1CCC(N2Cc3cc(CC(=O)NC4CCCCC4)ccc3C2=O)C(=O)N1. The standard InChI is InChI=1S/C21H25N3O4/c25-18-9-8-17(20(27)23-18)24-12-14-10-13(6-7-16(14)21(24)28)11-19(26)22-15-4-2-1-3-5-15/h6-7,10,15,17H,1-5,8-9,11-12H2,(H,22,26)(H,23,25,27). The second-order valence-electron chi connectivity index (χ2n) is 7.97. The lowest BCUT2D eigenvalue weighted by atomic mass is 9.95. The van der Waals surface area contributed by atoms with Crippen LogP contribution in [0.1, 0.15) is 66.4 Å². The molecule has 4 rings (SSSR count). The molecular formula is C21H25N3O4. The summed E-state index contributed by atoms with van der Waals surface area (Å²) in [7, 11) is 0. The molecule has 0 bridgehead atoms. The third kappa shape index (κ3) is 3.79. The number of benzene rings is 1. The van der Waals surface area contributed by atoms with Crippen LogP contribution in [0.15, 0.2) is 18.2 Å². The molecule has 7 nitrogen and oxygen atoms in total. The highest BCUT2D eigenvalue weighted by atomic mass is 16.2. The van der Waals surface area contributed by atoms with Crippen LogP contribution in [0.3, 0.4) is 0 Å². The van der Waals surface area contributed by atoms with Gasteiger partial charge < -0.3 is 10.2 Å². The van der Waals surface area contributed by atoms with Gasteiger partial charge in [-0.2, -0.15) is 0 Å². The molecule has 3 aliphatic rings. The quantitative estimate of drug-likeness (QED) is 0.769.